The van der Waals surface area contributed by atoms with E-state index in [1.807, 2.05) is 36.1 Å². The number of amides is 1. The Hall–Kier alpha value is -1.51. The number of anilines is 1. The van der Waals surface area contributed by atoms with Crippen molar-refractivity contribution >= 4 is 11.6 Å². The summed E-state index contributed by atoms with van der Waals surface area (Å²) in [5, 5.41) is 0. The van der Waals surface area contributed by atoms with Crippen molar-refractivity contribution in [2.24, 2.45) is 5.92 Å². The van der Waals surface area contributed by atoms with Gasteiger partial charge in [-0.25, -0.2) is 0 Å². The Morgan fingerprint density at radius 3 is 2.79 bits per heavy atom. The SMILES string of the molecule is CCCN(CC1CC1)C(=O)C(C)c1cccc(N)c1. The van der Waals surface area contributed by atoms with Crippen LogP contribution in [0.15, 0.2) is 24.3 Å². The van der Waals surface area contributed by atoms with Crippen molar-refractivity contribution in [3.63, 3.8) is 0 Å². The highest BCUT2D eigenvalue weighted by Crippen LogP contribution is 2.31. The molecule has 0 spiro atoms. The second-order valence-corrected chi connectivity index (χ2v) is 5.62. The van der Waals surface area contributed by atoms with E-state index in [0.29, 0.717) is 0 Å². The minimum atomic E-state index is -0.103. The fourth-order valence-corrected chi connectivity index (χ4v) is 2.42. The lowest BCUT2D eigenvalue weighted by molar-refractivity contribution is -0.132. The first-order chi connectivity index (χ1) is 9.11. The minimum absolute atomic E-state index is 0.103. The van der Waals surface area contributed by atoms with Gasteiger partial charge in [0.2, 0.25) is 5.91 Å². The van der Waals surface area contributed by atoms with Crippen molar-refractivity contribution in [3.8, 4) is 0 Å². The Bertz CT molecular complexity index is 440. The van der Waals surface area contributed by atoms with Crippen LogP contribution in [0.2, 0.25) is 0 Å². The standard InChI is InChI=1S/C16H24N2O/c1-3-9-18(11-13-7-8-13)16(19)12(2)14-5-4-6-15(17)10-14/h4-6,10,12-13H,3,7-9,11,17H2,1-2H3. The van der Waals surface area contributed by atoms with E-state index < -0.39 is 0 Å². The summed E-state index contributed by atoms with van der Waals surface area (Å²) in [5.74, 6) is 0.872. The van der Waals surface area contributed by atoms with Crippen molar-refractivity contribution in [1.29, 1.82) is 0 Å². The quantitative estimate of drug-likeness (QED) is 0.799. The number of benzene rings is 1. The fraction of sp³-hybridized carbons (Fsp3) is 0.562. The molecule has 0 aromatic heterocycles. The van der Waals surface area contributed by atoms with Crippen LogP contribution in [0.4, 0.5) is 5.69 Å². The van der Waals surface area contributed by atoms with E-state index in [1.54, 1.807) is 0 Å². The largest absolute Gasteiger partial charge is 0.399 e. The van der Waals surface area contributed by atoms with Crippen molar-refractivity contribution in [2.45, 2.75) is 39.0 Å². The summed E-state index contributed by atoms with van der Waals surface area (Å²) in [6.07, 6.45) is 3.57. The molecule has 1 aromatic rings. The molecule has 1 saturated carbocycles. The fourth-order valence-electron chi connectivity index (χ4n) is 2.42. The van der Waals surface area contributed by atoms with E-state index in [1.165, 1.54) is 12.8 Å². The lowest BCUT2D eigenvalue weighted by atomic mass is 9.99. The molecule has 104 valence electrons. The highest BCUT2D eigenvalue weighted by atomic mass is 16.2. The summed E-state index contributed by atoms with van der Waals surface area (Å²) in [5.41, 5.74) is 7.54. The molecule has 1 aliphatic carbocycles. The zero-order chi connectivity index (χ0) is 13.8. The van der Waals surface area contributed by atoms with E-state index in [0.717, 1.165) is 36.7 Å². The number of hydrogen-bond acceptors (Lipinski definition) is 2. The Labute approximate surface area is 115 Å². The molecule has 19 heavy (non-hydrogen) atoms. The highest BCUT2D eigenvalue weighted by molar-refractivity contribution is 5.83. The third-order valence-corrected chi connectivity index (χ3v) is 3.76. The molecular weight excluding hydrogens is 236 g/mol. The monoisotopic (exact) mass is 260 g/mol. The lowest BCUT2D eigenvalue weighted by Crippen LogP contribution is -2.36. The Kier molecular flexibility index (Phi) is 4.46. The summed E-state index contributed by atoms with van der Waals surface area (Å²) in [6, 6.07) is 7.66. The van der Waals surface area contributed by atoms with Gasteiger partial charge in [-0.05, 0) is 49.8 Å². The van der Waals surface area contributed by atoms with Gasteiger partial charge in [-0.2, -0.15) is 0 Å². The Morgan fingerprint density at radius 1 is 1.47 bits per heavy atom. The van der Waals surface area contributed by atoms with Crippen LogP contribution in [-0.4, -0.2) is 23.9 Å². The van der Waals surface area contributed by atoms with Gasteiger partial charge in [0.05, 0.1) is 5.92 Å². The minimum Gasteiger partial charge on any atom is -0.399 e. The molecule has 0 saturated heterocycles. The highest BCUT2D eigenvalue weighted by Gasteiger charge is 2.28. The normalized spacial score (nSPS) is 16.1. The van der Waals surface area contributed by atoms with Crippen LogP contribution in [0, 0.1) is 5.92 Å². The third-order valence-electron chi connectivity index (χ3n) is 3.76. The molecule has 0 aliphatic heterocycles. The van der Waals surface area contributed by atoms with Crippen LogP contribution in [-0.2, 0) is 4.79 Å². The molecule has 1 fully saturated rings. The molecule has 2 N–H and O–H groups in total. The maximum Gasteiger partial charge on any atom is 0.229 e. The summed E-state index contributed by atoms with van der Waals surface area (Å²) in [4.78, 5) is 14.6. The number of nitrogens with zero attached hydrogens (tertiary/aromatic N) is 1. The van der Waals surface area contributed by atoms with Gasteiger partial charge in [0.1, 0.15) is 0 Å². The van der Waals surface area contributed by atoms with Crippen LogP contribution in [0.25, 0.3) is 0 Å². The zero-order valence-electron chi connectivity index (χ0n) is 11.9. The molecule has 3 heteroatoms. The smallest absolute Gasteiger partial charge is 0.229 e. The molecule has 2 rings (SSSR count). The molecule has 1 aliphatic rings. The van der Waals surface area contributed by atoms with Gasteiger partial charge in [-0.3, -0.25) is 4.79 Å². The average molecular weight is 260 g/mol. The number of nitrogens with two attached hydrogens (primary N) is 1. The van der Waals surface area contributed by atoms with Crippen molar-refractivity contribution in [1.82, 2.24) is 4.90 Å². The van der Waals surface area contributed by atoms with E-state index >= 15 is 0 Å². The molecule has 1 atom stereocenters. The number of hydrogen-bond donors (Lipinski definition) is 1. The van der Waals surface area contributed by atoms with Gasteiger partial charge in [0.15, 0.2) is 0 Å². The van der Waals surface area contributed by atoms with Crippen LogP contribution >= 0.6 is 0 Å². The summed E-state index contributed by atoms with van der Waals surface area (Å²) in [7, 11) is 0. The first-order valence-electron chi connectivity index (χ1n) is 7.26. The Balaban J connectivity index is 2.06. The van der Waals surface area contributed by atoms with Crippen LogP contribution in [0.1, 0.15) is 44.6 Å². The maximum atomic E-state index is 12.6. The first-order valence-corrected chi connectivity index (χ1v) is 7.26. The molecule has 0 heterocycles. The predicted octanol–water partition coefficient (Wildman–Crippen LogP) is 3.02. The molecule has 0 bridgehead atoms. The number of nitrogen functional groups attached to an aromatic ring is 1. The predicted molar refractivity (Wildman–Crippen MR) is 78.9 cm³/mol. The molecule has 1 amide bonds. The van der Waals surface area contributed by atoms with Crippen molar-refractivity contribution in [3.05, 3.63) is 29.8 Å². The van der Waals surface area contributed by atoms with E-state index in [9.17, 15) is 4.79 Å². The van der Waals surface area contributed by atoms with Gasteiger partial charge in [-0.15, -0.1) is 0 Å². The second-order valence-electron chi connectivity index (χ2n) is 5.62. The van der Waals surface area contributed by atoms with Crippen LogP contribution in [0.5, 0.6) is 0 Å². The average Bonchev–Trinajstić information content (AvgIpc) is 3.20. The zero-order valence-corrected chi connectivity index (χ0v) is 11.9. The second kappa shape index (κ2) is 6.09. The molecule has 1 aromatic carbocycles. The molecular formula is C16H24N2O. The number of carbonyl (C=O) groups is 1. The van der Waals surface area contributed by atoms with Gasteiger partial charge in [0.25, 0.3) is 0 Å². The van der Waals surface area contributed by atoms with E-state index in [-0.39, 0.29) is 11.8 Å². The van der Waals surface area contributed by atoms with Crippen molar-refractivity contribution < 1.29 is 4.79 Å². The van der Waals surface area contributed by atoms with E-state index in [2.05, 4.69) is 6.92 Å². The van der Waals surface area contributed by atoms with Crippen molar-refractivity contribution in [2.75, 3.05) is 18.8 Å². The maximum absolute atomic E-state index is 12.6. The van der Waals surface area contributed by atoms with Crippen LogP contribution in [0.3, 0.4) is 0 Å². The third kappa shape index (κ3) is 3.72. The van der Waals surface area contributed by atoms with Gasteiger partial charge < -0.3 is 10.6 Å². The number of rotatable bonds is 6. The Morgan fingerprint density at radius 2 is 2.21 bits per heavy atom. The lowest BCUT2D eigenvalue weighted by Gasteiger charge is -2.25. The molecule has 1 unspecified atom stereocenters. The van der Waals surface area contributed by atoms with Crippen LogP contribution < -0.4 is 5.73 Å². The summed E-state index contributed by atoms with van der Waals surface area (Å²) >= 11 is 0. The topological polar surface area (TPSA) is 46.3 Å². The number of carbonyl (C=O) groups excluding carboxylic acids is 1. The van der Waals surface area contributed by atoms with Gasteiger partial charge >= 0.3 is 0 Å². The van der Waals surface area contributed by atoms with E-state index in [4.69, 9.17) is 5.73 Å². The summed E-state index contributed by atoms with van der Waals surface area (Å²) < 4.78 is 0. The van der Waals surface area contributed by atoms with Gasteiger partial charge in [0, 0.05) is 18.8 Å². The van der Waals surface area contributed by atoms with Gasteiger partial charge in [-0.1, -0.05) is 19.1 Å². The molecule has 3 nitrogen and oxygen atoms in total. The summed E-state index contributed by atoms with van der Waals surface area (Å²) in [6.45, 7) is 5.90. The molecule has 0 radical (unpaired) electrons. The first kappa shape index (κ1) is 13.9.